The van der Waals surface area contributed by atoms with E-state index in [1.165, 1.54) is 19.1 Å². The summed E-state index contributed by atoms with van der Waals surface area (Å²) in [4.78, 5) is 11.7. The molecule has 146 valence electrons. The highest BCUT2D eigenvalue weighted by Crippen LogP contribution is 2.41. The topological polar surface area (TPSA) is 56.2 Å². The van der Waals surface area contributed by atoms with Crippen molar-refractivity contribution in [2.24, 2.45) is 0 Å². The van der Waals surface area contributed by atoms with Gasteiger partial charge in [-0.15, -0.1) is 0 Å². The third-order valence-electron chi connectivity index (χ3n) is 5.17. The lowest BCUT2D eigenvalue weighted by atomic mass is 9.90. The number of carbonyl (C=O) groups is 1. The van der Waals surface area contributed by atoms with E-state index >= 15 is 0 Å². The average Bonchev–Trinajstić information content (AvgIpc) is 2.89. The smallest absolute Gasteiger partial charge is 0.217 e. The maximum atomic E-state index is 13.3. The first-order valence-corrected chi connectivity index (χ1v) is 9.50. The summed E-state index contributed by atoms with van der Waals surface area (Å²) in [7, 11) is 0. The van der Waals surface area contributed by atoms with Crippen LogP contribution in [0.3, 0.4) is 0 Å². The van der Waals surface area contributed by atoms with E-state index in [2.05, 4.69) is 31.2 Å². The van der Waals surface area contributed by atoms with Gasteiger partial charge in [-0.05, 0) is 58.2 Å². The lowest BCUT2D eigenvalue weighted by Gasteiger charge is -2.36. The van der Waals surface area contributed by atoms with Crippen molar-refractivity contribution >= 4 is 5.91 Å². The number of rotatable bonds is 4. The van der Waals surface area contributed by atoms with Gasteiger partial charge >= 0.3 is 0 Å². The van der Waals surface area contributed by atoms with Gasteiger partial charge in [0.2, 0.25) is 5.91 Å². The lowest BCUT2D eigenvalue weighted by molar-refractivity contribution is -0.122. The molecule has 0 unspecified atom stereocenters. The van der Waals surface area contributed by atoms with E-state index in [1.54, 1.807) is 12.1 Å². The summed E-state index contributed by atoms with van der Waals surface area (Å²) in [6, 6.07) is 6.67. The Hall–Kier alpha value is -2.21. The highest BCUT2D eigenvalue weighted by molar-refractivity contribution is 5.73. The zero-order valence-electron chi connectivity index (χ0n) is 16.6. The summed E-state index contributed by atoms with van der Waals surface area (Å²) < 4.78 is 21.8. The molecule has 0 radical (unpaired) electrons. The predicted octanol–water partition coefficient (Wildman–Crippen LogP) is 4.32. The number of amides is 1. The number of hydrogen-bond acceptors (Lipinski definition) is 3. The zero-order valence-corrected chi connectivity index (χ0v) is 16.6. The lowest BCUT2D eigenvalue weighted by Crippen LogP contribution is -2.40. The maximum absolute atomic E-state index is 13.3. The number of aryl methyl sites for hydroxylation is 1. The summed E-state index contributed by atoms with van der Waals surface area (Å²) in [5, 5.41) is 7.72. The standard InChI is InChI=1S/C21H28FN3O2/c1-12(2)25-14(4)21(13(3)24-25)20-11-18(23-15(5)26)10-19(27-20)16-6-8-17(22)9-7-16/h6-9,12,18-20H,10-11H2,1-5H3,(H,23,26)/t18-,19-,20+/m1/s1. The Balaban J connectivity index is 1.94. The van der Waals surface area contributed by atoms with Crippen LogP contribution in [0.25, 0.3) is 0 Å². The molecule has 1 amide bonds. The Morgan fingerprint density at radius 2 is 1.85 bits per heavy atom. The second-order valence-corrected chi connectivity index (χ2v) is 7.66. The van der Waals surface area contributed by atoms with E-state index in [1.807, 2.05) is 11.6 Å². The van der Waals surface area contributed by atoms with Crippen molar-refractivity contribution in [1.82, 2.24) is 15.1 Å². The number of aromatic nitrogens is 2. The van der Waals surface area contributed by atoms with Crippen LogP contribution in [0.2, 0.25) is 0 Å². The quantitative estimate of drug-likeness (QED) is 0.868. The van der Waals surface area contributed by atoms with Gasteiger partial charge in [0.15, 0.2) is 0 Å². The Morgan fingerprint density at radius 1 is 1.22 bits per heavy atom. The fraction of sp³-hybridized carbons (Fsp3) is 0.524. The third-order valence-corrected chi connectivity index (χ3v) is 5.17. The summed E-state index contributed by atoms with van der Waals surface area (Å²) in [6.45, 7) is 9.80. The van der Waals surface area contributed by atoms with Crippen LogP contribution < -0.4 is 5.32 Å². The minimum absolute atomic E-state index is 0.00231. The highest BCUT2D eigenvalue weighted by Gasteiger charge is 2.34. The Labute approximate surface area is 159 Å². The molecule has 5 nitrogen and oxygen atoms in total. The fourth-order valence-corrected chi connectivity index (χ4v) is 4.05. The summed E-state index contributed by atoms with van der Waals surface area (Å²) in [5.41, 5.74) is 4.05. The number of carbonyl (C=O) groups excluding carboxylic acids is 1. The van der Waals surface area contributed by atoms with Gasteiger partial charge in [-0.3, -0.25) is 9.48 Å². The minimum Gasteiger partial charge on any atom is -0.365 e. The SMILES string of the molecule is CC(=O)N[C@H]1C[C@@H](c2c(C)nn(C(C)C)c2C)O[C@@H](c2ccc(F)cc2)C1. The first-order chi connectivity index (χ1) is 12.8. The Morgan fingerprint density at radius 3 is 2.41 bits per heavy atom. The maximum Gasteiger partial charge on any atom is 0.217 e. The van der Waals surface area contributed by atoms with Gasteiger partial charge in [-0.25, -0.2) is 4.39 Å². The van der Waals surface area contributed by atoms with Gasteiger partial charge in [0, 0.05) is 30.3 Å². The number of nitrogens with one attached hydrogen (secondary N) is 1. The molecule has 2 heterocycles. The van der Waals surface area contributed by atoms with E-state index in [0.29, 0.717) is 12.8 Å². The molecule has 6 heteroatoms. The van der Waals surface area contributed by atoms with Crippen LogP contribution in [0, 0.1) is 19.7 Å². The zero-order chi connectivity index (χ0) is 19.7. The first kappa shape index (κ1) is 19.5. The molecule has 1 fully saturated rings. The monoisotopic (exact) mass is 373 g/mol. The van der Waals surface area contributed by atoms with Crippen LogP contribution in [-0.2, 0) is 9.53 Å². The molecule has 3 atom stereocenters. The van der Waals surface area contributed by atoms with Crippen LogP contribution in [0.5, 0.6) is 0 Å². The summed E-state index contributed by atoms with van der Waals surface area (Å²) in [6.07, 6.45) is 0.987. The first-order valence-electron chi connectivity index (χ1n) is 9.50. The van der Waals surface area contributed by atoms with Gasteiger partial charge in [-0.1, -0.05) is 12.1 Å². The molecule has 0 saturated carbocycles. The molecular formula is C21H28FN3O2. The Kier molecular flexibility index (Phi) is 5.65. The van der Waals surface area contributed by atoms with Crippen LogP contribution in [0.4, 0.5) is 4.39 Å². The molecule has 2 aromatic rings. The largest absolute Gasteiger partial charge is 0.365 e. The van der Waals surface area contributed by atoms with Crippen LogP contribution in [0.15, 0.2) is 24.3 Å². The van der Waals surface area contributed by atoms with Gasteiger partial charge in [0.1, 0.15) is 5.82 Å². The molecule has 0 aliphatic carbocycles. The molecule has 1 aliphatic rings. The Bertz CT molecular complexity index is 814. The van der Waals surface area contributed by atoms with Crippen LogP contribution in [0.1, 0.15) is 74.4 Å². The minimum atomic E-state index is -0.269. The molecule has 27 heavy (non-hydrogen) atoms. The molecule has 1 N–H and O–H groups in total. The van der Waals surface area contributed by atoms with Gasteiger partial charge < -0.3 is 10.1 Å². The van der Waals surface area contributed by atoms with Crippen molar-refractivity contribution in [2.45, 2.75) is 71.8 Å². The molecule has 3 rings (SSSR count). The van der Waals surface area contributed by atoms with E-state index in [0.717, 1.165) is 22.5 Å². The molecule has 0 spiro atoms. The number of nitrogens with zero attached hydrogens (tertiary/aromatic N) is 2. The van der Waals surface area contributed by atoms with Crippen molar-refractivity contribution < 1.29 is 13.9 Å². The third kappa shape index (κ3) is 4.21. The van der Waals surface area contributed by atoms with E-state index in [4.69, 9.17) is 4.74 Å². The molecule has 1 aromatic carbocycles. The van der Waals surface area contributed by atoms with Gasteiger partial charge in [-0.2, -0.15) is 5.10 Å². The fourth-order valence-electron chi connectivity index (χ4n) is 4.05. The number of halogens is 1. The number of benzene rings is 1. The van der Waals surface area contributed by atoms with E-state index in [-0.39, 0.29) is 36.0 Å². The number of ether oxygens (including phenoxy) is 1. The highest BCUT2D eigenvalue weighted by atomic mass is 19.1. The van der Waals surface area contributed by atoms with Gasteiger partial charge in [0.05, 0.1) is 17.9 Å². The molecular weight excluding hydrogens is 345 g/mol. The summed E-state index contributed by atoms with van der Waals surface area (Å²) >= 11 is 0. The molecule has 1 aliphatic heterocycles. The molecule has 0 bridgehead atoms. The van der Waals surface area contributed by atoms with Crippen molar-refractivity contribution in [3.63, 3.8) is 0 Å². The van der Waals surface area contributed by atoms with Crippen molar-refractivity contribution in [2.75, 3.05) is 0 Å². The average molecular weight is 373 g/mol. The normalized spacial score (nSPS) is 22.9. The summed E-state index contributed by atoms with van der Waals surface area (Å²) in [5.74, 6) is -0.320. The van der Waals surface area contributed by atoms with Crippen molar-refractivity contribution in [1.29, 1.82) is 0 Å². The van der Waals surface area contributed by atoms with E-state index in [9.17, 15) is 9.18 Å². The van der Waals surface area contributed by atoms with E-state index < -0.39 is 0 Å². The second kappa shape index (κ2) is 7.80. The predicted molar refractivity (Wildman–Crippen MR) is 102 cm³/mol. The molecule has 1 saturated heterocycles. The van der Waals surface area contributed by atoms with Gasteiger partial charge in [0.25, 0.3) is 0 Å². The van der Waals surface area contributed by atoms with Crippen LogP contribution >= 0.6 is 0 Å². The second-order valence-electron chi connectivity index (χ2n) is 7.66. The number of hydrogen-bond donors (Lipinski definition) is 1. The van der Waals surface area contributed by atoms with Crippen molar-refractivity contribution in [3.05, 3.63) is 52.6 Å². The van der Waals surface area contributed by atoms with Crippen LogP contribution in [-0.4, -0.2) is 21.7 Å². The van der Waals surface area contributed by atoms with Crippen molar-refractivity contribution in [3.8, 4) is 0 Å². The molecule has 1 aromatic heterocycles.